The first-order chi connectivity index (χ1) is 8.72. The minimum absolute atomic E-state index is 0.199. The van der Waals surface area contributed by atoms with E-state index in [1.165, 1.54) is 11.3 Å². The lowest BCUT2D eigenvalue weighted by atomic mass is 10.1. The summed E-state index contributed by atoms with van der Waals surface area (Å²) >= 11 is 0. The third kappa shape index (κ3) is 2.82. The minimum Gasteiger partial charge on any atom is -0.360 e. The van der Waals surface area contributed by atoms with Gasteiger partial charge < -0.3 is 15.1 Å². The molecule has 18 heavy (non-hydrogen) atoms. The highest BCUT2D eigenvalue weighted by atomic mass is 16.2. The first kappa shape index (κ1) is 12.9. The molecular weight excluding hydrogens is 226 g/mol. The number of piperazine rings is 1. The second-order valence-electron chi connectivity index (χ2n) is 4.72. The molecule has 0 bridgehead atoms. The average Bonchev–Trinajstić information content (AvgIpc) is 2.40. The SMILES string of the molecule is CNCCc1ccccc1N1CCN(C)C(=O)C1. The van der Waals surface area contributed by atoms with E-state index >= 15 is 0 Å². The Morgan fingerprint density at radius 2 is 2.06 bits per heavy atom. The van der Waals surface area contributed by atoms with Gasteiger partial charge in [0, 0.05) is 25.8 Å². The number of nitrogens with one attached hydrogen (secondary N) is 1. The number of nitrogens with zero attached hydrogens (tertiary/aromatic N) is 2. The van der Waals surface area contributed by atoms with Crippen LogP contribution in [-0.2, 0) is 11.2 Å². The summed E-state index contributed by atoms with van der Waals surface area (Å²) in [5.74, 6) is 0.199. The average molecular weight is 247 g/mol. The van der Waals surface area contributed by atoms with Gasteiger partial charge in [0.25, 0.3) is 0 Å². The lowest BCUT2D eigenvalue weighted by molar-refractivity contribution is -0.129. The van der Waals surface area contributed by atoms with Gasteiger partial charge in [0.15, 0.2) is 0 Å². The molecule has 1 N–H and O–H groups in total. The van der Waals surface area contributed by atoms with Crippen LogP contribution < -0.4 is 10.2 Å². The van der Waals surface area contributed by atoms with Gasteiger partial charge >= 0.3 is 0 Å². The Morgan fingerprint density at radius 3 is 2.78 bits per heavy atom. The number of amides is 1. The van der Waals surface area contributed by atoms with E-state index in [9.17, 15) is 4.79 Å². The van der Waals surface area contributed by atoms with E-state index in [0.717, 1.165) is 26.1 Å². The van der Waals surface area contributed by atoms with Crippen LogP contribution in [0.4, 0.5) is 5.69 Å². The van der Waals surface area contributed by atoms with Gasteiger partial charge in [-0.2, -0.15) is 0 Å². The highest BCUT2D eigenvalue weighted by Crippen LogP contribution is 2.22. The van der Waals surface area contributed by atoms with Crippen LogP contribution in [0.1, 0.15) is 5.56 Å². The van der Waals surface area contributed by atoms with Gasteiger partial charge in [-0.05, 0) is 31.6 Å². The van der Waals surface area contributed by atoms with Crippen molar-refractivity contribution in [2.45, 2.75) is 6.42 Å². The third-order valence-electron chi connectivity index (χ3n) is 3.43. The molecule has 4 heteroatoms. The topological polar surface area (TPSA) is 35.6 Å². The minimum atomic E-state index is 0.199. The summed E-state index contributed by atoms with van der Waals surface area (Å²) in [5, 5.41) is 3.17. The predicted molar refractivity (Wildman–Crippen MR) is 73.9 cm³/mol. The molecule has 0 unspecified atom stereocenters. The van der Waals surface area contributed by atoms with Gasteiger partial charge in [-0.15, -0.1) is 0 Å². The van der Waals surface area contributed by atoms with Crippen molar-refractivity contribution >= 4 is 11.6 Å². The van der Waals surface area contributed by atoms with Crippen molar-refractivity contribution in [1.29, 1.82) is 0 Å². The number of carbonyl (C=O) groups excluding carboxylic acids is 1. The number of hydrogen-bond donors (Lipinski definition) is 1. The molecule has 1 aromatic carbocycles. The lowest BCUT2D eigenvalue weighted by Gasteiger charge is -2.34. The van der Waals surface area contributed by atoms with Crippen molar-refractivity contribution < 1.29 is 4.79 Å². The van der Waals surface area contributed by atoms with Crippen LogP contribution in [0.15, 0.2) is 24.3 Å². The van der Waals surface area contributed by atoms with Crippen molar-refractivity contribution in [3.05, 3.63) is 29.8 Å². The Kier molecular flexibility index (Phi) is 4.20. The smallest absolute Gasteiger partial charge is 0.241 e. The summed E-state index contributed by atoms with van der Waals surface area (Å²) in [6.07, 6.45) is 0.993. The largest absolute Gasteiger partial charge is 0.360 e. The summed E-state index contributed by atoms with van der Waals surface area (Å²) in [5.41, 5.74) is 2.51. The molecule has 1 heterocycles. The van der Waals surface area contributed by atoms with Crippen LogP contribution >= 0.6 is 0 Å². The van der Waals surface area contributed by atoms with E-state index in [1.54, 1.807) is 4.90 Å². The van der Waals surface area contributed by atoms with Crippen LogP contribution in [0.3, 0.4) is 0 Å². The van der Waals surface area contributed by atoms with Crippen LogP contribution in [0.5, 0.6) is 0 Å². The molecule has 1 aromatic rings. The summed E-state index contributed by atoms with van der Waals surface area (Å²) in [6, 6.07) is 8.37. The molecule has 0 saturated carbocycles. The fourth-order valence-electron chi connectivity index (χ4n) is 2.25. The molecular formula is C14H21N3O. The fourth-order valence-corrected chi connectivity index (χ4v) is 2.25. The molecule has 0 radical (unpaired) electrons. The molecule has 1 saturated heterocycles. The summed E-state index contributed by atoms with van der Waals surface area (Å²) in [4.78, 5) is 15.8. The first-order valence-electron chi connectivity index (χ1n) is 6.44. The fraction of sp³-hybridized carbons (Fsp3) is 0.500. The second kappa shape index (κ2) is 5.87. The highest BCUT2D eigenvalue weighted by molar-refractivity contribution is 5.82. The zero-order valence-electron chi connectivity index (χ0n) is 11.1. The van der Waals surface area contributed by atoms with Crippen LogP contribution in [-0.4, -0.2) is 51.1 Å². The number of rotatable bonds is 4. The Labute approximate surface area is 109 Å². The Hall–Kier alpha value is -1.55. The summed E-state index contributed by atoms with van der Waals surface area (Å²) in [6.45, 7) is 3.17. The number of benzene rings is 1. The van der Waals surface area contributed by atoms with Crippen LogP contribution in [0, 0.1) is 0 Å². The molecule has 0 aromatic heterocycles. The molecule has 2 rings (SSSR count). The Morgan fingerprint density at radius 1 is 1.28 bits per heavy atom. The predicted octanol–water partition coefficient (Wildman–Crippen LogP) is 0.727. The highest BCUT2D eigenvalue weighted by Gasteiger charge is 2.22. The molecule has 1 aliphatic heterocycles. The standard InChI is InChI=1S/C14H21N3O/c1-15-8-7-12-5-3-4-6-13(12)17-10-9-16(2)14(18)11-17/h3-6,15H,7-11H2,1-2H3. The van der Waals surface area contributed by atoms with Crippen LogP contribution in [0.25, 0.3) is 0 Å². The van der Waals surface area contributed by atoms with Gasteiger partial charge in [-0.25, -0.2) is 0 Å². The molecule has 4 nitrogen and oxygen atoms in total. The monoisotopic (exact) mass is 247 g/mol. The maximum atomic E-state index is 11.8. The van der Waals surface area contributed by atoms with Crippen molar-refractivity contribution in [2.75, 3.05) is 45.2 Å². The summed E-state index contributed by atoms with van der Waals surface area (Å²) < 4.78 is 0. The van der Waals surface area contributed by atoms with E-state index in [-0.39, 0.29) is 5.91 Å². The van der Waals surface area contributed by atoms with Gasteiger partial charge in [0.1, 0.15) is 0 Å². The quantitative estimate of drug-likeness (QED) is 0.852. The third-order valence-corrected chi connectivity index (χ3v) is 3.43. The van der Waals surface area contributed by atoms with E-state index in [2.05, 4.69) is 28.4 Å². The van der Waals surface area contributed by atoms with E-state index in [1.807, 2.05) is 20.2 Å². The number of hydrogen-bond acceptors (Lipinski definition) is 3. The van der Waals surface area contributed by atoms with Gasteiger partial charge in [-0.1, -0.05) is 18.2 Å². The molecule has 98 valence electrons. The number of para-hydroxylation sites is 1. The van der Waals surface area contributed by atoms with Gasteiger partial charge in [-0.3, -0.25) is 4.79 Å². The van der Waals surface area contributed by atoms with Crippen molar-refractivity contribution in [3.8, 4) is 0 Å². The second-order valence-corrected chi connectivity index (χ2v) is 4.72. The van der Waals surface area contributed by atoms with Crippen molar-refractivity contribution in [1.82, 2.24) is 10.2 Å². The Bertz CT molecular complexity index is 419. The zero-order valence-corrected chi connectivity index (χ0v) is 11.1. The molecule has 0 aliphatic carbocycles. The number of carbonyl (C=O) groups is 1. The van der Waals surface area contributed by atoms with Crippen LogP contribution in [0.2, 0.25) is 0 Å². The number of anilines is 1. The van der Waals surface area contributed by atoms with Crippen molar-refractivity contribution in [2.24, 2.45) is 0 Å². The van der Waals surface area contributed by atoms with E-state index in [0.29, 0.717) is 6.54 Å². The zero-order chi connectivity index (χ0) is 13.0. The summed E-state index contributed by atoms with van der Waals surface area (Å²) in [7, 11) is 3.83. The Balaban J connectivity index is 2.14. The number of likely N-dealkylation sites (N-methyl/N-ethyl adjacent to an activating group) is 2. The first-order valence-corrected chi connectivity index (χ1v) is 6.44. The van der Waals surface area contributed by atoms with Gasteiger partial charge in [0.2, 0.25) is 5.91 Å². The molecule has 0 atom stereocenters. The molecule has 1 fully saturated rings. The maximum absolute atomic E-state index is 11.8. The molecule has 1 aliphatic rings. The lowest BCUT2D eigenvalue weighted by Crippen LogP contribution is -2.48. The van der Waals surface area contributed by atoms with Gasteiger partial charge in [0.05, 0.1) is 6.54 Å². The van der Waals surface area contributed by atoms with Crippen molar-refractivity contribution in [3.63, 3.8) is 0 Å². The molecule has 0 spiro atoms. The van der Waals surface area contributed by atoms with E-state index in [4.69, 9.17) is 0 Å². The molecule has 1 amide bonds. The normalized spacial score (nSPS) is 16.2. The maximum Gasteiger partial charge on any atom is 0.241 e. The van der Waals surface area contributed by atoms with E-state index < -0.39 is 0 Å².